The lowest BCUT2D eigenvalue weighted by Crippen LogP contribution is -2.50. The standard InChI is InChI=1S/C19H24N2O5/c1-19(18(24)25)8-3-9-20(12-19)17(23)13-10-16(22)21(11-13)14-4-6-15(26-2)7-5-14/h4-7,13H,3,8-12H2,1-2H3,(H,24,25). The van der Waals surface area contributed by atoms with Crippen LogP contribution >= 0.6 is 0 Å². The summed E-state index contributed by atoms with van der Waals surface area (Å²) in [4.78, 5) is 40.0. The number of hydrogen-bond donors (Lipinski definition) is 1. The van der Waals surface area contributed by atoms with E-state index in [0.717, 1.165) is 5.69 Å². The molecule has 2 aliphatic heterocycles. The van der Waals surface area contributed by atoms with Gasteiger partial charge in [0.15, 0.2) is 0 Å². The van der Waals surface area contributed by atoms with Crippen LogP contribution in [-0.2, 0) is 14.4 Å². The Morgan fingerprint density at radius 1 is 1.27 bits per heavy atom. The lowest BCUT2D eigenvalue weighted by atomic mass is 9.81. The second kappa shape index (κ2) is 6.97. The molecule has 2 fully saturated rings. The molecule has 26 heavy (non-hydrogen) atoms. The van der Waals surface area contributed by atoms with Gasteiger partial charge in [-0.25, -0.2) is 0 Å². The van der Waals surface area contributed by atoms with E-state index in [1.807, 2.05) is 0 Å². The average molecular weight is 360 g/mol. The summed E-state index contributed by atoms with van der Waals surface area (Å²) in [6.45, 7) is 2.76. The number of amides is 2. The van der Waals surface area contributed by atoms with Crippen molar-refractivity contribution in [3.8, 4) is 5.75 Å². The van der Waals surface area contributed by atoms with Gasteiger partial charge in [0.2, 0.25) is 11.8 Å². The molecule has 2 saturated heterocycles. The molecule has 1 N–H and O–H groups in total. The summed E-state index contributed by atoms with van der Waals surface area (Å²) in [7, 11) is 1.58. The Morgan fingerprint density at radius 2 is 1.96 bits per heavy atom. The van der Waals surface area contributed by atoms with Crippen molar-refractivity contribution in [1.82, 2.24) is 4.90 Å². The van der Waals surface area contributed by atoms with E-state index in [1.54, 1.807) is 48.1 Å². The summed E-state index contributed by atoms with van der Waals surface area (Å²) in [6.07, 6.45) is 1.39. The van der Waals surface area contributed by atoms with Gasteiger partial charge in [-0.3, -0.25) is 14.4 Å². The third kappa shape index (κ3) is 3.38. The monoisotopic (exact) mass is 360 g/mol. The van der Waals surface area contributed by atoms with Gasteiger partial charge in [0.05, 0.1) is 18.4 Å². The fraction of sp³-hybridized carbons (Fsp3) is 0.526. The molecule has 3 rings (SSSR count). The number of likely N-dealkylation sites (tertiary alicyclic amines) is 1. The highest BCUT2D eigenvalue weighted by Crippen LogP contribution is 2.33. The number of carboxylic acids is 1. The van der Waals surface area contributed by atoms with Crippen LogP contribution in [0.4, 0.5) is 5.69 Å². The predicted octanol–water partition coefficient (Wildman–Crippen LogP) is 1.76. The number of benzene rings is 1. The molecule has 2 atom stereocenters. The Hall–Kier alpha value is -2.57. The van der Waals surface area contributed by atoms with Crippen LogP contribution in [-0.4, -0.2) is 54.5 Å². The fourth-order valence-corrected chi connectivity index (χ4v) is 3.75. The first kappa shape index (κ1) is 18.2. The SMILES string of the molecule is COc1ccc(N2CC(C(=O)N3CCCC(C)(C(=O)O)C3)CC2=O)cc1. The first-order chi connectivity index (χ1) is 12.3. The van der Waals surface area contributed by atoms with Crippen LogP contribution in [0.5, 0.6) is 5.75 Å². The molecular weight excluding hydrogens is 336 g/mol. The molecule has 0 spiro atoms. The van der Waals surface area contributed by atoms with Crippen LogP contribution in [0.3, 0.4) is 0 Å². The van der Waals surface area contributed by atoms with Crippen molar-refractivity contribution in [3.05, 3.63) is 24.3 Å². The minimum atomic E-state index is -0.911. The summed E-state index contributed by atoms with van der Waals surface area (Å²) >= 11 is 0. The van der Waals surface area contributed by atoms with E-state index >= 15 is 0 Å². The number of carboxylic acid groups (broad SMARTS) is 1. The lowest BCUT2D eigenvalue weighted by Gasteiger charge is -2.38. The minimum Gasteiger partial charge on any atom is -0.497 e. The zero-order chi connectivity index (χ0) is 18.9. The Kier molecular flexibility index (Phi) is 4.89. The molecule has 0 radical (unpaired) electrons. The maximum absolute atomic E-state index is 12.9. The van der Waals surface area contributed by atoms with Crippen LogP contribution in [0.2, 0.25) is 0 Å². The van der Waals surface area contributed by atoms with Crippen molar-refractivity contribution in [2.45, 2.75) is 26.2 Å². The molecule has 7 heteroatoms. The third-order valence-corrected chi connectivity index (χ3v) is 5.38. The van der Waals surface area contributed by atoms with Crippen molar-refractivity contribution >= 4 is 23.5 Å². The summed E-state index contributed by atoms with van der Waals surface area (Å²) in [5, 5.41) is 9.43. The fourth-order valence-electron chi connectivity index (χ4n) is 3.75. The van der Waals surface area contributed by atoms with E-state index in [-0.39, 0.29) is 24.8 Å². The molecule has 0 saturated carbocycles. The van der Waals surface area contributed by atoms with Gasteiger partial charge < -0.3 is 19.6 Å². The third-order valence-electron chi connectivity index (χ3n) is 5.38. The van der Waals surface area contributed by atoms with Gasteiger partial charge >= 0.3 is 5.97 Å². The van der Waals surface area contributed by atoms with Crippen molar-refractivity contribution in [2.75, 3.05) is 31.6 Å². The molecule has 0 bridgehead atoms. The number of ether oxygens (including phenoxy) is 1. The molecule has 140 valence electrons. The molecular formula is C19H24N2O5. The molecule has 1 aromatic rings. The molecule has 2 aliphatic rings. The zero-order valence-electron chi connectivity index (χ0n) is 15.1. The van der Waals surface area contributed by atoms with E-state index in [0.29, 0.717) is 31.7 Å². The summed E-state index contributed by atoms with van der Waals surface area (Å²) in [5.74, 6) is -0.819. The zero-order valence-corrected chi connectivity index (χ0v) is 15.1. The van der Waals surface area contributed by atoms with Crippen LogP contribution < -0.4 is 9.64 Å². The quantitative estimate of drug-likeness (QED) is 0.884. The number of aliphatic carboxylic acids is 1. The molecule has 2 heterocycles. The first-order valence-electron chi connectivity index (χ1n) is 8.81. The summed E-state index contributed by atoms with van der Waals surface area (Å²) < 4.78 is 5.12. The Balaban J connectivity index is 1.69. The van der Waals surface area contributed by atoms with Crippen molar-refractivity contribution in [1.29, 1.82) is 0 Å². The van der Waals surface area contributed by atoms with Crippen molar-refractivity contribution in [2.24, 2.45) is 11.3 Å². The lowest BCUT2D eigenvalue weighted by molar-refractivity contribution is -0.154. The number of carbonyl (C=O) groups excluding carboxylic acids is 2. The van der Waals surface area contributed by atoms with Crippen LogP contribution in [0, 0.1) is 11.3 Å². The average Bonchev–Trinajstić information content (AvgIpc) is 3.03. The topological polar surface area (TPSA) is 87.2 Å². The van der Waals surface area contributed by atoms with E-state index < -0.39 is 17.3 Å². The number of piperidine rings is 1. The summed E-state index contributed by atoms with van der Waals surface area (Å²) in [6, 6.07) is 7.15. The normalized spacial score (nSPS) is 26.1. The number of nitrogens with zero attached hydrogens (tertiary/aromatic N) is 2. The van der Waals surface area contributed by atoms with Gasteiger partial charge in [0.1, 0.15) is 5.75 Å². The Morgan fingerprint density at radius 3 is 2.58 bits per heavy atom. The van der Waals surface area contributed by atoms with E-state index in [1.165, 1.54) is 0 Å². The summed E-state index contributed by atoms with van der Waals surface area (Å²) in [5.41, 5.74) is -0.174. The molecule has 1 aromatic carbocycles. The highest BCUT2D eigenvalue weighted by molar-refractivity contribution is 6.00. The Bertz CT molecular complexity index is 717. The van der Waals surface area contributed by atoms with E-state index in [4.69, 9.17) is 4.74 Å². The second-order valence-corrected chi connectivity index (χ2v) is 7.33. The van der Waals surface area contributed by atoms with Crippen LogP contribution in [0.15, 0.2) is 24.3 Å². The number of anilines is 1. The molecule has 0 aliphatic carbocycles. The van der Waals surface area contributed by atoms with Gasteiger partial charge in [0, 0.05) is 31.7 Å². The second-order valence-electron chi connectivity index (χ2n) is 7.33. The minimum absolute atomic E-state index is 0.0912. The number of rotatable bonds is 4. The van der Waals surface area contributed by atoms with Crippen LogP contribution in [0.25, 0.3) is 0 Å². The Labute approximate surface area is 152 Å². The van der Waals surface area contributed by atoms with Gasteiger partial charge in [-0.2, -0.15) is 0 Å². The first-order valence-corrected chi connectivity index (χ1v) is 8.81. The molecule has 7 nitrogen and oxygen atoms in total. The van der Waals surface area contributed by atoms with Gasteiger partial charge in [0.25, 0.3) is 0 Å². The van der Waals surface area contributed by atoms with E-state index in [2.05, 4.69) is 0 Å². The highest BCUT2D eigenvalue weighted by atomic mass is 16.5. The van der Waals surface area contributed by atoms with Gasteiger partial charge in [-0.1, -0.05) is 0 Å². The smallest absolute Gasteiger partial charge is 0.311 e. The number of methoxy groups -OCH3 is 1. The predicted molar refractivity (Wildman–Crippen MR) is 95.0 cm³/mol. The van der Waals surface area contributed by atoms with Gasteiger partial charge in [-0.05, 0) is 44.0 Å². The number of hydrogen-bond acceptors (Lipinski definition) is 4. The maximum atomic E-state index is 12.9. The largest absolute Gasteiger partial charge is 0.497 e. The van der Waals surface area contributed by atoms with Crippen molar-refractivity contribution in [3.63, 3.8) is 0 Å². The molecule has 0 aromatic heterocycles. The van der Waals surface area contributed by atoms with E-state index in [9.17, 15) is 19.5 Å². The highest BCUT2D eigenvalue weighted by Gasteiger charge is 2.43. The number of carbonyl (C=O) groups is 3. The van der Waals surface area contributed by atoms with Crippen molar-refractivity contribution < 1.29 is 24.2 Å². The molecule has 2 amide bonds. The van der Waals surface area contributed by atoms with Gasteiger partial charge in [-0.15, -0.1) is 0 Å². The maximum Gasteiger partial charge on any atom is 0.311 e. The van der Waals surface area contributed by atoms with Crippen LogP contribution in [0.1, 0.15) is 26.2 Å². The molecule has 2 unspecified atom stereocenters.